The highest BCUT2D eigenvalue weighted by atomic mass is 32.2. The van der Waals surface area contributed by atoms with Gasteiger partial charge < -0.3 is 5.32 Å². The Morgan fingerprint density at radius 1 is 0.958 bits per heavy atom. The zero-order chi connectivity index (χ0) is 18.3. The van der Waals surface area contributed by atoms with Crippen molar-refractivity contribution in [3.63, 3.8) is 0 Å². The zero-order valence-electron chi connectivity index (χ0n) is 14.7. The van der Waals surface area contributed by atoms with Gasteiger partial charge in [0.05, 0.1) is 0 Å². The SMILES string of the molecule is C=CCNc1nc(C)cc(C)n1.Cc1cc(C)nc(S(C)(=O)=O)n1. The Kier molecular flexibility index (Phi) is 6.97. The Labute approximate surface area is 143 Å². The van der Waals surface area contributed by atoms with Gasteiger partial charge in [-0.25, -0.2) is 28.4 Å². The fourth-order valence-electron chi connectivity index (χ4n) is 1.83. The van der Waals surface area contributed by atoms with E-state index in [0.717, 1.165) is 17.6 Å². The van der Waals surface area contributed by atoms with Crippen LogP contribution in [0.3, 0.4) is 0 Å². The third-order valence-corrected chi connectivity index (χ3v) is 3.53. The molecule has 0 amide bonds. The number of hydrogen-bond acceptors (Lipinski definition) is 7. The second-order valence-corrected chi connectivity index (χ2v) is 7.26. The fourth-order valence-corrected chi connectivity index (χ4v) is 2.45. The number of aromatic nitrogens is 4. The lowest BCUT2D eigenvalue weighted by atomic mass is 10.4. The van der Waals surface area contributed by atoms with Gasteiger partial charge in [0, 0.05) is 35.6 Å². The lowest BCUT2D eigenvalue weighted by molar-refractivity contribution is 0.591. The Balaban J connectivity index is 0.000000240. The summed E-state index contributed by atoms with van der Waals surface area (Å²) >= 11 is 0. The van der Waals surface area contributed by atoms with Crippen LogP contribution in [-0.4, -0.2) is 41.2 Å². The molecule has 0 aliphatic rings. The lowest BCUT2D eigenvalue weighted by Gasteiger charge is -2.02. The maximum Gasteiger partial charge on any atom is 0.247 e. The summed E-state index contributed by atoms with van der Waals surface area (Å²) in [6.07, 6.45) is 2.88. The van der Waals surface area contributed by atoms with Crippen molar-refractivity contribution in [3.8, 4) is 0 Å². The number of nitrogens with zero attached hydrogens (tertiary/aromatic N) is 4. The van der Waals surface area contributed by atoms with Crippen molar-refractivity contribution in [2.24, 2.45) is 0 Å². The van der Waals surface area contributed by atoms with Crippen molar-refractivity contribution in [3.05, 3.63) is 47.6 Å². The molecule has 1 N–H and O–H groups in total. The van der Waals surface area contributed by atoms with Gasteiger partial charge in [-0.05, 0) is 39.8 Å². The molecule has 0 radical (unpaired) electrons. The second kappa shape index (κ2) is 8.49. The zero-order valence-corrected chi connectivity index (χ0v) is 15.5. The summed E-state index contributed by atoms with van der Waals surface area (Å²) in [4.78, 5) is 16.0. The highest BCUT2D eigenvalue weighted by Gasteiger charge is 2.11. The van der Waals surface area contributed by atoms with Crippen molar-refractivity contribution in [1.29, 1.82) is 0 Å². The summed E-state index contributed by atoms with van der Waals surface area (Å²) in [6.45, 7) is 11.7. The second-order valence-electron chi connectivity index (χ2n) is 5.35. The van der Waals surface area contributed by atoms with Gasteiger partial charge in [-0.3, -0.25) is 0 Å². The van der Waals surface area contributed by atoms with Crippen LogP contribution in [0.5, 0.6) is 0 Å². The van der Waals surface area contributed by atoms with Gasteiger partial charge in [0.25, 0.3) is 0 Å². The summed E-state index contributed by atoms with van der Waals surface area (Å²) < 4.78 is 22.0. The molecule has 8 heteroatoms. The van der Waals surface area contributed by atoms with Crippen LogP contribution in [0, 0.1) is 27.7 Å². The molecule has 0 saturated carbocycles. The fraction of sp³-hybridized carbons (Fsp3) is 0.375. The lowest BCUT2D eigenvalue weighted by Crippen LogP contribution is -2.05. The van der Waals surface area contributed by atoms with E-state index in [4.69, 9.17) is 0 Å². The minimum absolute atomic E-state index is 0.0972. The molecule has 0 atom stereocenters. The molecule has 130 valence electrons. The molecular weight excluding hydrogens is 326 g/mol. The minimum Gasteiger partial charge on any atom is -0.351 e. The van der Waals surface area contributed by atoms with Crippen molar-refractivity contribution >= 4 is 15.8 Å². The first-order valence-electron chi connectivity index (χ1n) is 7.31. The van der Waals surface area contributed by atoms with Crippen LogP contribution in [0.15, 0.2) is 29.9 Å². The molecule has 2 aromatic heterocycles. The first-order valence-corrected chi connectivity index (χ1v) is 9.20. The predicted molar refractivity (Wildman–Crippen MR) is 94.8 cm³/mol. The van der Waals surface area contributed by atoms with E-state index in [1.165, 1.54) is 0 Å². The van der Waals surface area contributed by atoms with E-state index in [-0.39, 0.29) is 5.16 Å². The monoisotopic (exact) mass is 349 g/mol. The van der Waals surface area contributed by atoms with Crippen LogP contribution < -0.4 is 5.32 Å². The van der Waals surface area contributed by atoms with Gasteiger partial charge in [0.15, 0.2) is 0 Å². The number of anilines is 1. The maximum atomic E-state index is 11.0. The minimum atomic E-state index is -3.27. The van der Waals surface area contributed by atoms with E-state index >= 15 is 0 Å². The van der Waals surface area contributed by atoms with E-state index in [2.05, 4.69) is 31.8 Å². The van der Waals surface area contributed by atoms with Crippen LogP contribution in [-0.2, 0) is 9.84 Å². The van der Waals surface area contributed by atoms with E-state index in [9.17, 15) is 8.42 Å². The molecule has 0 fully saturated rings. The molecule has 0 unspecified atom stereocenters. The summed E-state index contributed by atoms with van der Waals surface area (Å²) in [5.74, 6) is 0.674. The molecule has 0 aliphatic carbocycles. The molecule has 24 heavy (non-hydrogen) atoms. The topological polar surface area (TPSA) is 97.7 Å². The van der Waals surface area contributed by atoms with E-state index < -0.39 is 9.84 Å². The standard InChI is InChI=1S/C9H13N3.C7H10N2O2S/c1-4-5-10-9-11-7(2)6-8(3)12-9;1-5-4-6(2)9-7(8-5)12(3,10)11/h4,6H,1,5H2,2-3H3,(H,10,11,12);4H,1-3H3. The van der Waals surface area contributed by atoms with Gasteiger partial charge in [-0.15, -0.1) is 6.58 Å². The molecule has 0 aromatic carbocycles. The highest BCUT2D eigenvalue weighted by Crippen LogP contribution is 2.04. The Hall–Kier alpha value is -2.35. The van der Waals surface area contributed by atoms with Gasteiger partial charge in [0.2, 0.25) is 20.9 Å². The molecule has 0 spiro atoms. The maximum absolute atomic E-state index is 11.0. The van der Waals surface area contributed by atoms with Gasteiger partial charge in [-0.2, -0.15) is 0 Å². The molecule has 0 aliphatic heterocycles. The highest BCUT2D eigenvalue weighted by molar-refractivity contribution is 7.90. The van der Waals surface area contributed by atoms with Crippen molar-refractivity contribution in [2.75, 3.05) is 18.1 Å². The summed E-state index contributed by atoms with van der Waals surface area (Å²) in [6, 6.07) is 3.67. The summed E-state index contributed by atoms with van der Waals surface area (Å²) in [7, 11) is -3.27. The molecule has 2 rings (SSSR count). The molecule has 2 aromatic rings. The van der Waals surface area contributed by atoms with E-state index in [1.807, 2.05) is 19.9 Å². The average Bonchev–Trinajstić information content (AvgIpc) is 2.43. The Morgan fingerprint density at radius 2 is 1.38 bits per heavy atom. The van der Waals surface area contributed by atoms with Gasteiger partial charge in [-0.1, -0.05) is 6.08 Å². The number of nitrogens with one attached hydrogen (secondary N) is 1. The normalized spacial score (nSPS) is 10.5. The molecular formula is C16H23N5O2S. The Bertz CT molecular complexity index is 779. The van der Waals surface area contributed by atoms with Crippen LogP contribution in [0.4, 0.5) is 5.95 Å². The number of aryl methyl sites for hydroxylation is 4. The molecule has 0 saturated heterocycles. The van der Waals surface area contributed by atoms with Gasteiger partial charge in [0.1, 0.15) is 0 Å². The quantitative estimate of drug-likeness (QED) is 0.667. The van der Waals surface area contributed by atoms with Gasteiger partial charge >= 0.3 is 0 Å². The van der Waals surface area contributed by atoms with Crippen LogP contribution in [0.2, 0.25) is 0 Å². The van der Waals surface area contributed by atoms with E-state index in [1.54, 1.807) is 26.0 Å². The van der Waals surface area contributed by atoms with Crippen LogP contribution >= 0.6 is 0 Å². The van der Waals surface area contributed by atoms with Crippen molar-refractivity contribution in [1.82, 2.24) is 19.9 Å². The molecule has 2 heterocycles. The average molecular weight is 349 g/mol. The first-order chi connectivity index (χ1) is 11.1. The third kappa shape index (κ3) is 6.82. The number of hydrogen-bond donors (Lipinski definition) is 1. The third-order valence-electron chi connectivity index (χ3n) is 2.68. The van der Waals surface area contributed by atoms with Crippen LogP contribution in [0.1, 0.15) is 22.8 Å². The first kappa shape index (κ1) is 19.7. The van der Waals surface area contributed by atoms with Crippen LogP contribution in [0.25, 0.3) is 0 Å². The summed E-state index contributed by atoms with van der Waals surface area (Å²) in [5.41, 5.74) is 3.30. The van der Waals surface area contributed by atoms with Crippen molar-refractivity contribution in [2.45, 2.75) is 32.9 Å². The van der Waals surface area contributed by atoms with E-state index in [0.29, 0.717) is 23.9 Å². The Morgan fingerprint density at radius 3 is 1.75 bits per heavy atom. The smallest absolute Gasteiger partial charge is 0.247 e. The summed E-state index contributed by atoms with van der Waals surface area (Å²) in [5, 5.41) is 2.94. The molecule has 0 bridgehead atoms. The number of sulfone groups is 1. The largest absolute Gasteiger partial charge is 0.351 e. The molecule has 7 nitrogen and oxygen atoms in total. The number of rotatable bonds is 4. The van der Waals surface area contributed by atoms with Crippen molar-refractivity contribution < 1.29 is 8.42 Å². The predicted octanol–water partition coefficient (Wildman–Crippen LogP) is 2.19.